The third-order valence-corrected chi connectivity index (χ3v) is 2.16. The summed E-state index contributed by atoms with van der Waals surface area (Å²) in [7, 11) is 1.62. The van der Waals surface area contributed by atoms with Gasteiger partial charge >= 0.3 is 0 Å². The molecule has 2 rings (SSSR count). The third-order valence-electron chi connectivity index (χ3n) is 2.16. The summed E-state index contributed by atoms with van der Waals surface area (Å²) in [5, 5.41) is 9.33. The normalized spacial score (nSPS) is 20.3. The first kappa shape index (κ1) is 8.38. The topological polar surface area (TPSA) is 38.7 Å². The van der Waals surface area contributed by atoms with Crippen molar-refractivity contribution >= 4 is 0 Å². The number of hydrogen-bond acceptors (Lipinski definition) is 3. The Labute approximate surface area is 76.9 Å². The summed E-state index contributed by atoms with van der Waals surface area (Å²) in [6.07, 6.45) is 0.292. The van der Waals surface area contributed by atoms with Gasteiger partial charge in [-0.2, -0.15) is 0 Å². The number of methoxy groups -OCH3 is 1. The smallest absolute Gasteiger partial charge is 0.126 e. The molecule has 0 saturated carbocycles. The van der Waals surface area contributed by atoms with E-state index in [1.165, 1.54) is 0 Å². The van der Waals surface area contributed by atoms with Crippen LogP contribution in [-0.2, 0) is 6.42 Å². The first-order valence-electron chi connectivity index (χ1n) is 4.27. The Kier molecular flexibility index (Phi) is 2.10. The monoisotopic (exact) mass is 180 g/mol. The highest BCUT2D eigenvalue weighted by molar-refractivity contribution is 5.42. The molecule has 0 amide bonds. The van der Waals surface area contributed by atoms with E-state index in [1.54, 1.807) is 7.11 Å². The molecule has 0 saturated heterocycles. The van der Waals surface area contributed by atoms with E-state index in [0.717, 1.165) is 17.1 Å². The predicted octanol–water partition coefficient (Wildman–Crippen LogP) is 0.991. The first-order valence-corrected chi connectivity index (χ1v) is 4.27. The van der Waals surface area contributed by atoms with Crippen LogP contribution in [0.15, 0.2) is 18.2 Å². The molecule has 1 aliphatic rings. The van der Waals surface area contributed by atoms with Gasteiger partial charge in [0.15, 0.2) is 0 Å². The van der Waals surface area contributed by atoms with Gasteiger partial charge in [0.05, 0.1) is 13.2 Å². The second-order valence-corrected chi connectivity index (χ2v) is 3.14. The predicted molar refractivity (Wildman–Crippen MR) is 48.2 cm³/mol. The Morgan fingerprint density at radius 3 is 3.15 bits per heavy atom. The quantitative estimate of drug-likeness (QED) is 0.700. The zero-order valence-electron chi connectivity index (χ0n) is 7.49. The molecule has 13 heavy (non-hydrogen) atoms. The fourth-order valence-electron chi connectivity index (χ4n) is 1.46. The van der Waals surface area contributed by atoms with Gasteiger partial charge in [-0.15, -0.1) is 0 Å². The van der Waals surface area contributed by atoms with Crippen molar-refractivity contribution in [2.24, 2.45) is 0 Å². The molecule has 0 aromatic heterocycles. The standard InChI is InChI=1S/C10H12O3/c1-12-9-3-2-7-4-8(11)6-13-10(7)5-9/h2-3,5,8,11H,4,6H2,1H3. The molecular weight excluding hydrogens is 168 g/mol. The molecule has 1 aliphatic heterocycles. The van der Waals surface area contributed by atoms with Gasteiger partial charge in [-0.25, -0.2) is 0 Å². The van der Waals surface area contributed by atoms with Crippen molar-refractivity contribution in [2.45, 2.75) is 12.5 Å². The molecule has 3 heteroatoms. The summed E-state index contributed by atoms with van der Waals surface area (Å²) in [4.78, 5) is 0. The number of ether oxygens (including phenoxy) is 2. The zero-order chi connectivity index (χ0) is 9.26. The van der Waals surface area contributed by atoms with E-state index in [4.69, 9.17) is 9.47 Å². The Morgan fingerprint density at radius 2 is 2.38 bits per heavy atom. The summed E-state index contributed by atoms with van der Waals surface area (Å²) < 4.78 is 10.4. The molecular formula is C10H12O3. The van der Waals surface area contributed by atoms with Crippen LogP contribution in [0.4, 0.5) is 0 Å². The van der Waals surface area contributed by atoms with Gasteiger partial charge in [-0.05, 0) is 11.6 Å². The average Bonchev–Trinajstić information content (AvgIpc) is 2.17. The fourth-order valence-corrected chi connectivity index (χ4v) is 1.46. The lowest BCUT2D eigenvalue weighted by atomic mass is 10.0. The number of rotatable bonds is 1. The van der Waals surface area contributed by atoms with Crippen molar-refractivity contribution in [2.75, 3.05) is 13.7 Å². The van der Waals surface area contributed by atoms with Crippen molar-refractivity contribution in [1.82, 2.24) is 0 Å². The number of aliphatic hydroxyl groups excluding tert-OH is 1. The molecule has 70 valence electrons. The Bertz CT molecular complexity index is 309. The van der Waals surface area contributed by atoms with Crippen LogP contribution in [0, 0.1) is 0 Å². The van der Waals surface area contributed by atoms with E-state index in [-0.39, 0.29) is 6.10 Å². The summed E-state index contributed by atoms with van der Waals surface area (Å²) in [6.45, 7) is 0.375. The minimum Gasteiger partial charge on any atom is -0.497 e. The van der Waals surface area contributed by atoms with Gasteiger partial charge < -0.3 is 14.6 Å². The van der Waals surface area contributed by atoms with Crippen LogP contribution in [0.1, 0.15) is 5.56 Å². The van der Waals surface area contributed by atoms with Crippen LogP contribution in [0.2, 0.25) is 0 Å². The van der Waals surface area contributed by atoms with Crippen LogP contribution in [0.5, 0.6) is 11.5 Å². The minimum absolute atomic E-state index is 0.374. The molecule has 0 radical (unpaired) electrons. The second kappa shape index (κ2) is 3.26. The molecule has 1 N–H and O–H groups in total. The molecule has 0 spiro atoms. The van der Waals surface area contributed by atoms with Crippen LogP contribution in [0.25, 0.3) is 0 Å². The Hall–Kier alpha value is -1.22. The average molecular weight is 180 g/mol. The van der Waals surface area contributed by atoms with E-state index in [0.29, 0.717) is 13.0 Å². The molecule has 0 fully saturated rings. The van der Waals surface area contributed by atoms with E-state index in [9.17, 15) is 5.11 Å². The SMILES string of the molecule is COc1ccc2c(c1)OCC(O)C2. The van der Waals surface area contributed by atoms with Gasteiger partial charge in [0, 0.05) is 12.5 Å². The van der Waals surface area contributed by atoms with Crippen molar-refractivity contribution < 1.29 is 14.6 Å². The molecule has 1 heterocycles. The van der Waals surface area contributed by atoms with Gasteiger partial charge in [0.1, 0.15) is 18.1 Å². The van der Waals surface area contributed by atoms with Crippen LogP contribution < -0.4 is 9.47 Å². The number of benzene rings is 1. The van der Waals surface area contributed by atoms with Crippen molar-refractivity contribution in [3.05, 3.63) is 23.8 Å². The van der Waals surface area contributed by atoms with Gasteiger partial charge in [0.25, 0.3) is 0 Å². The highest BCUT2D eigenvalue weighted by atomic mass is 16.5. The largest absolute Gasteiger partial charge is 0.497 e. The summed E-state index contributed by atoms with van der Waals surface area (Å²) >= 11 is 0. The van der Waals surface area contributed by atoms with Crippen molar-refractivity contribution in [3.8, 4) is 11.5 Å². The van der Waals surface area contributed by atoms with Crippen molar-refractivity contribution in [1.29, 1.82) is 0 Å². The summed E-state index contributed by atoms with van der Waals surface area (Å²) in [5.74, 6) is 1.61. The number of hydrogen-bond donors (Lipinski definition) is 1. The van der Waals surface area contributed by atoms with E-state index in [1.807, 2.05) is 18.2 Å². The van der Waals surface area contributed by atoms with Gasteiger partial charge in [-0.1, -0.05) is 6.07 Å². The van der Waals surface area contributed by atoms with Crippen LogP contribution >= 0.6 is 0 Å². The van der Waals surface area contributed by atoms with Crippen LogP contribution in [0.3, 0.4) is 0 Å². The van der Waals surface area contributed by atoms with E-state index in [2.05, 4.69) is 0 Å². The maximum Gasteiger partial charge on any atom is 0.126 e. The van der Waals surface area contributed by atoms with Crippen LogP contribution in [-0.4, -0.2) is 24.9 Å². The second-order valence-electron chi connectivity index (χ2n) is 3.14. The van der Waals surface area contributed by atoms with E-state index < -0.39 is 0 Å². The maximum absolute atomic E-state index is 9.33. The number of fused-ring (bicyclic) bond motifs is 1. The zero-order valence-corrected chi connectivity index (χ0v) is 7.49. The Morgan fingerprint density at radius 1 is 1.54 bits per heavy atom. The minimum atomic E-state index is -0.374. The lowest BCUT2D eigenvalue weighted by molar-refractivity contribution is 0.0919. The molecule has 1 unspecified atom stereocenters. The lowest BCUT2D eigenvalue weighted by Gasteiger charge is -2.21. The highest BCUT2D eigenvalue weighted by Crippen LogP contribution is 2.28. The third kappa shape index (κ3) is 1.60. The molecule has 1 aromatic rings. The van der Waals surface area contributed by atoms with E-state index >= 15 is 0 Å². The van der Waals surface area contributed by atoms with Crippen molar-refractivity contribution in [3.63, 3.8) is 0 Å². The molecule has 0 bridgehead atoms. The molecule has 0 aliphatic carbocycles. The fraction of sp³-hybridized carbons (Fsp3) is 0.400. The number of aliphatic hydroxyl groups is 1. The highest BCUT2D eigenvalue weighted by Gasteiger charge is 2.17. The first-order chi connectivity index (χ1) is 6.29. The molecule has 3 nitrogen and oxygen atoms in total. The Balaban J connectivity index is 2.31. The summed E-state index contributed by atoms with van der Waals surface area (Å²) in [5.41, 5.74) is 1.04. The van der Waals surface area contributed by atoms with Gasteiger partial charge in [0.2, 0.25) is 0 Å². The maximum atomic E-state index is 9.33. The summed E-state index contributed by atoms with van der Waals surface area (Å²) in [6, 6.07) is 5.65. The molecule has 1 atom stereocenters. The molecule has 1 aromatic carbocycles. The lowest BCUT2D eigenvalue weighted by Crippen LogP contribution is -2.25. The van der Waals surface area contributed by atoms with Gasteiger partial charge in [-0.3, -0.25) is 0 Å².